The maximum atomic E-state index is 11.9. The summed E-state index contributed by atoms with van der Waals surface area (Å²) in [6, 6.07) is 0. The highest BCUT2D eigenvalue weighted by Gasteiger charge is 2.17. The van der Waals surface area contributed by atoms with E-state index in [0.29, 0.717) is 54.7 Å². The molecule has 0 aliphatic rings. The largest absolute Gasteiger partial charge is 0.866 e. The number of nitrogens with two attached hydrogens (primary N) is 2. The molecule has 10 heteroatoms. The Morgan fingerprint density at radius 2 is 1.03 bits per heavy atom. The predicted molar refractivity (Wildman–Crippen MR) is 122 cm³/mol. The van der Waals surface area contributed by atoms with E-state index < -0.39 is 22.4 Å². The van der Waals surface area contributed by atoms with Crippen molar-refractivity contribution in [2.24, 2.45) is 9.98 Å². The van der Waals surface area contributed by atoms with Crippen molar-refractivity contribution in [2.75, 3.05) is 81.6 Å². The molecule has 2 aromatic carbocycles. The van der Waals surface area contributed by atoms with Gasteiger partial charge in [-0.2, -0.15) is 0 Å². The van der Waals surface area contributed by atoms with Gasteiger partial charge in [0.25, 0.3) is 0 Å². The Balaban J connectivity index is 1.81. The van der Waals surface area contributed by atoms with E-state index in [4.69, 9.17) is 0 Å². The predicted octanol–water partition coefficient (Wildman–Crippen LogP) is -4.22. The molecule has 0 unspecified atom stereocenters. The first-order valence-corrected chi connectivity index (χ1v) is 11.6. The van der Waals surface area contributed by atoms with Gasteiger partial charge >= 0.3 is 0 Å². The van der Waals surface area contributed by atoms with Crippen LogP contribution in [0.15, 0.2) is 19.6 Å². The third kappa shape index (κ3) is 7.85. The zero-order valence-corrected chi connectivity index (χ0v) is 20.9. The number of rotatable bonds is 14. The molecule has 0 aliphatic heterocycles. The Bertz CT molecular complexity index is 1000. The van der Waals surface area contributed by atoms with Gasteiger partial charge in [0, 0.05) is 43.9 Å². The van der Waals surface area contributed by atoms with E-state index in [1.54, 1.807) is 10.6 Å². The van der Waals surface area contributed by atoms with Crippen molar-refractivity contribution in [1.82, 2.24) is 0 Å². The molecule has 0 fully saturated rings. The molecule has 4 N–H and O–H groups in total. The second kappa shape index (κ2) is 11.1. The lowest BCUT2D eigenvalue weighted by Crippen LogP contribution is -2.86. The first-order chi connectivity index (χ1) is 15.3. The van der Waals surface area contributed by atoms with Crippen LogP contribution >= 0.6 is 0 Å². The summed E-state index contributed by atoms with van der Waals surface area (Å²) in [5.41, 5.74) is -0.184. The van der Waals surface area contributed by atoms with Gasteiger partial charge in [-0.15, -0.1) is 0 Å². The molecule has 0 aliphatic carbocycles. The third-order valence-electron chi connectivity index (χ3n) is 5.46. The molecule has 184 valence electrons. The molecule has 0 heterocycles. The zero-order valence-electron chi connectivity index (χ0n) is 20.9. The van der Waals surface area contributed by atoms with E-state index in [1.807, 2.05) is 0 Å². The molecular formula is C23H40N6O4+2. The van der Waals surface area contributed by atoms with Gasteiger partial charge < -0.3 is 29.8 Å². The highest BCUT2D eigenvalue weighted by molar-refractivity contribution is 5.49. The normalized spacial score (nSPS) is 14.1. The first kappa shape index (κ1) is 26.8. The Hall–Kier alpha value is -2.40. The third-order valence-corrected chi connectivity index (χ3v) is 5.46. The fraction of sp³-hybridized carbons (Fsp3) is 0.652. The molecule has 0 atom stereocenters. The first-order valence-electron chi connectivity index (χ1n) is 11.6. The van der Waals surface area contributed by atoms with Gasteiger partial charge in [-0.3, -0.25) is 19.6 Å². The smallest absolute Gasteiger partial charge is 0.208 e. The average Bonchev–Trinajstić information content (AvgIpc) is 2.72. The van der Waals surface area contributed by atoms with Crippen LogP contribution in [0.4, 0.5) is 11.4 Å². The van der Waals surface area contributed by atoms with E-state index in [9.17, 15) is 19.8 Å². The van der Waals surface area contributed by atoms with Crippen LogP contribution in [0.3, 0.4) is 0 Å². The Morgan fingerprint density at radius 3 is 1.36 bits per heavy atom. The molecule has 0 bridgehead atoms. The van der Waals surface area contributed by atoms with Gasteiger partial charge in [-0.05, 0) is 0 Å². The quantitative estimate of drug-likeness (QED) is 0.216. The van der Waals surface area contributed by atoms with Crippen molar-refractivity contribution >= 4 is 11.4 Å². The minimum Gasteiger partial charge on any atom is -0.866 e. The van der Waals surface area contributed by atoms with Crippen molar-refractivity contribution in [3.05, 3.63) is 31.2 Å². The lowest BCUT2D eigenvalue weighted by Gasteiger charge is -2.23. The Morgan fingerprint density at radius 1 is 0.667 bits per heavy atom. The van der Waals surface area contributed by atoms with E-state index in [1.165, 1.54) is 0 Å². The molecule has 0 spiro atoms. The molecule has 0 amide bonds. The molecule has 2 aromatic rings. The van der Waals surface area contributed by atoms with E-state index >= 15 is 0 Å². The van der Waals surface area contributed by atoms with Crippen molar-refractivity contribution in [2.45, 2.75) is 19.3 Å². The van der Waals surface area contributed by atoms with Crippen LogP contribution in [0, 0.1) is 0 Å². The van der Waals surface area contributed by atoms with Crippen molar-refractivity contribution in [3.63, 3.8) is 0 Å². The summed E-state index contributed by atoms with van der Waals surface area (Å²) in [6.45, 7) is 4.12. The van der Waals surface area contributed by atoms with Gasteiger partial charge in [0.15, 0.2) is 22.1 Å². The summed E-state index contributed by atoms with van der Waals surface area (Å²) in [5.74, 6) is -0.941. The van der Waals surface area contributed by atoms with E-state index in [-0.39, 0.29) is 0 Å². The SMILES string of the molecule is C[N+](C)(C)CCCN=c1c([NH2+]CCC[NH2+]c2c([O-])c(=O)c2=NCCC[N+](C)(C)C)c([O-])c1=O. The lowest BCUT2D eigenvalue weighted by atomic mass is 10.2. The number of quaternary nitrogens is 4. The molecular weight excluding hydrogens is 424 g/mol. The fourth-order valence-corrected chi connectivity index (χ4v) is 3.57. The molecule has 10 nitrogen and oxygen atoms in total. The average molecular weight is 465 g/mol. The second-order valence-corrected chi connectivity index (χ2v) is 10.7. The molecule has 33 heavy (non-hydrogen) atoms. The summed E-state index contributed by atoms with van der Waals surface area (Å²) in [5, 5.41) is 27.9. The van der Waals surface area contributed by atoms with Gasteiger partial charge in [0.05, 0.1) is 68.5 Å². The van der Waals surface area contributed by atoms with Gasteiger partial charge in [0.1, 0.15) is 0 Å². The number of hydrogen-bond acceptors (Lipinski definition) is 6. The summed E-state index contributed by atoms with van der Waals surface area (Å²) < 4.78 is 1.65. The number of hydrogen-bond donors (Lipinski definition) is 2. The van der Waals surface area contributed by atoms with Crippen molar-refractivity contribution in [1.29, 1.82) is 0 Å². The van der Waals surface area contributed by atoms with Crippen molar-refractivity contribution < 1.29 is 29.8 Å². The molecule has 0 radical (unpaired) electrons. The summed E-state index contributed by atoms with van der Waals surface area (Å²) in [7, 11) is 12.6. The molecule has 0 saturated carbocycles. The maximum Gasteiger partial charge on any atom is 0.208 e. The lowest BCUT2D eigenvalue weighted by molar-refractivity contribution is -0.870. The van der Waals surface area contributed by atoms with Gasteiger partial charge in [-0.25, -0.2) is 0 Å². The minimum atomic E-state index is -0.502. The van der Waals surface area contributed by atoms with Crippen LogP contribution in [0.1, 0.15) is 19.3 Å². The summed E-state index contributed by atoms with van der Waals surface area (Å²) in [4.78, 5) is 32.3. The van der Waals surface area contributed by atoms with Crippen LogP contribution in [-0.2, 0) is 0 Å². The molecule has 0 aromatic heterocycles. The standard InChI is InChI=1S/C23H38N6O4/c1-28(2,3)14-8-12-26-18-16(20(30)22(18)32)24-10-7-11-25-17-19(23(33)21(17)31)27-13-9-15-29(4,5)6/h7-15H2,1-6H3,(H2-2,24,25,26,27,30,31,32,33)/p+2. The molecule has 2 rings (SSSR count). The van der Waals surface area contributed by atoms with Crippen LogP contribution in [-0.4, -0.2) is 90.5 Å². The monoisotopic (exact) mass is 464 g/mol. The highest BCUT2D eigenvalue weighted by Crippen LogP contribution is 2.05. The summed E-state index contributed by atoms with van der Waals surface area (Å²) >= 11 is 0. The Labute approximate surface area is 195 Å². The minimum absolute atomic E-state index is 0.294. The Kier molecular flexibility index (Phi) is 9.07. The van der Waals surface area contributed by atoms with E-state index in [2.05, 4.69) is 52.3 Å². The summed E-state index contributed by atoms with van der Waals surface area (Å²) in [6.07, 6.45) is 2.39. The van der Waals surface area contributed by atoms with Crippen LogP contribution in [0.25, 0.3) is 0 Å². The van der Waals surface area contributed by atoms with E-state index in [0.717, 1.165) is 34.9 Å². The number of nitrogens with zero attached hydrogens (tertiary/aromatic N) is 4. The van der Waals surface area contributed by atoms with Crippen LogP contribution in [0.5, 0.6) is 11.5 Å². The van der Waals surface area contributed by atoms with Gasteiger partial charge in [0.2, 0.25) is 10.9 Å². The topological polar surface area (TPSA) is 138 Å². The van der Waals surface area contributed by atoms with Crippen molar-refractivity contribution in [3.8, 4) is 11.5 Å². The van der Waals surface area contributed by atoms with Gasteiger partial charge in [-0.1, -0.05) is 0 Å². The fourth-order valence-electron chi connectivity index (χ4n) is 3.57. The van der Waals surface area contributed by atoms with Crippen LogP contribution < -0.4 is 42.4 Å². The second-order valence-electron chi connectivity index (χ2n) is 10.7. The van der Waals surface area contributed by atoms with Crippen LogP contribution in [0.2, 0.25) is 0 Å². The maximum absolute atomic E-state index is 11.9. The molecule has 0 saturated heterocycles. The zero-order chi connectivity index (χ0) is 24.8. The highest BCUT2D eigenvalue weighted by atomic mass is 16.3.